The van der Waals surface area contributed by atoms with Crippen molar-refractivity contribution in [3.63, 3.8) is 0 Å². The van der Waals surface area contributed by atoms with Crippen LogP contribution in [0.1, 0.15) is 29.0 Å². The Bertz CT molecular complexity index is 894. The number of nitrogens with zero attached hydrogens (tertiary/aromatic N) is 3. The predicted octanol–water partition coefficient (Wildman–Crippen LogP) is 2.45. The molecule has 7 nitrogen and oxygen atoms in total. The van der Waals surface area contributed by atoms with Gasteiger partial charge in [-0.05, 0) is 45.1 Å². The van der Waals surface area contributed by atoms with Crippen LogP contribution in [0.3, 0.4) is 0 Å². The number of aromatic amines is 1. The molecule has 0 aliphatic carbocycles. The van der Waals surface area contributed by atoms with Gasteiger partial charge in [0, 0.05) is 24.7 Å². The average Bonchev–Trinajstić information content (AvgIpc) is 2.91. The number of alkyl halides is 3. The van der Waals surface area contributed by atoms with Crippen LogP contribution in [0.4, 0.5) is 13.2 Å². The summed E-state index contributed by atoms with van der Waals surface area (Å²) in [5.41, 5.74) is 0.398. The van der Waals surface area contributed by atoms with Gasteiger partial charge in [0.1, 0.15) is 0 Å². The van der Waals surface area contributed by atoms with Gasteiger partial charge in [-0.1, -0.05) is 0 Å². The second-order valence-electron chi connectivity index (χ2n) is 7.26. The summed E-state index contributed by atoms with van der Waals surface area (Å²) in [6, 6.07) is 4.09. The Morgan fingerprint density at radius 2 is 1.96 bits per heavy atom. The lowest BCUT2D eigenvalue weighted by atomic mass is 10.0. The number of carboxylic acid groups (broad SMARTS) is 1. The van der Waals surface area contributed by atoms with Crippen LogP contribution in [0, 0.1) is 5.92 Å². The van der Waals surface area contributed by atoms with E-state index >= 15 is 0 Å². The molecule has 0 bridgehead atoms. The molecule has 0 saturated carbocycles. The number of halogens is 3. The molecule has 2 N–H and O–H groups in total. The molecule has 1 aromatic carbocycles. The van der Waals surface area contributed by atoms with Gasteiger partial charge in [-0.15, -0.1) is 0 Å². The second-order valence-corrected chi connectivity index (χ2v) is 7.26. The predicted molar refractivity (Wildman–Crippen MR) is 94.8 cm³/mol. The molecule has 2 heterocycles. The molecule has 2 aromatic rings. The second kappa shape index (κ2) is 7.42. The van der Waals surface area contributed by atoms with E-state index in [1.54, 1.807) is 0 Å². The highest BCUT2D eigenvalue weighted by molar-refractivity contribution is 5.97. The van der Waals surface area contributed by atoms with Crippen LogP contribution in [0.5, 0.6) is 0 Å². The fourth-order valence-corrected chi connectivity index (χ4v) is 3.42. The fourth-order valence-electron chi connectivity index (χ4n) is 3.42. The molecule has 0 unspecified atom stereocenters. The van der Waals surface area contributed by atoms with E-state index in [9.17, 15) is 27.9 Å². The topological polar surface area (TPSA) is 89.5 Å². The number of hydrogen-bond donors (Lipinski definition) is 2. The first kappa shape index (κ1) is 20.1. The maximum Gasteiger partial charge on any atom is 0.449 e. The fraction of sp³-hybridized carbons (Fsp3) is 0.500. The molecule has 152 valence electrons. The Morgan fingerprint density at radius 1 is 1.25 bits per heavy atom. The summed E-state index contributed by atoms with van der Waals surface area (Å²) in [4.78, 5) is 33.6. The number of aliphatic carboxylic acids is 1. The van der Waals surface area contributed by atoms with Crippen LogP contribution < -0.4 is 0 Å². The van der Waals surface area contributed by atoms with E-state index in [0.717, 1.165) is 0 Å². The third-order valence-electron chi connectivity index (χ3n) is 5.08. The third kappa shape index (κ3) is 4.11. The van der Waals surface area contributed by atoms with E-state index in [-0.39, 0.29) is 29.2 Å². The van der Waals surface area contributed by atoms with E-state index in [4.69, 9.17) is 0 Å². The van der Waals surface area contributed by atoms with E-state index in [1.807, 2.05) is 19.0 Å². The first-order valence-corrected chi connectivity index (χ1v) is 8.81. The van der Waals surface area contributed by atoms with Crippen molar-refractivity contribution in [1.82, 2.24) is 19.8 Å². The summed E-state index contributed by atoms with van der Waals surface area (Å²) in [6.07, 6.45) is -3.51. The number of imidazole rings is 1. The minimum Gasteiger partial charge on any atom is -0.481 e. The summed E-state index contributed by atoms with van der Waals surface area (Å²) in [7, 11) is 3.73. The van der Waals surface area contributed by atoms with Gasteiger partial charge >= 0.3 is 12.1 Å². The quantitative estimate of drug-likeness (QED) is 0.829. The normalized spacial score (nSPS) is 21.1. The maximum absolute atomic E-state index is 13.0. The number of carbonyl (C=O) groups is 2. The number of carbonyl (C=O) groups excluding carboxylic acids is 1. The Kier molecular flexibility index (Phi) is 5.33. The molecule has 1 amide bonds. The lowest BCUT2D eigenvalue weighted by Crippen LogP contribution is -2.43. The molecular formula is C18H21F3N4O3. The van der Waals surface area contributed by atoms with Gasteiger partial charge in [-0.25, -0.2) is 4.98 Å². The molecular weight excluding hydrogens is 377 g/mol. The molecule has 0 radical (unpaired) electrons. The monoisotopic (exact) mass is 398 g/mol. The van der Waals surface area contributed by atoms with Gasteiger partial charge in [0.25, 0.3) is 5.91 Å². The van der Waals surface area contributed by atoms with Crippen molar-refractivity contribution in [2.75, 3.05) is 27.2 Å². The van der Waals surface area contributed by atoms with Crippen molar-refractivity contribution in [1.29, 1.82) is 0 Å². The molecule has 3 rings (SSSR count). The number of likely N-dealkylation sites (tertiary alicyclic amines) is 1. The molecule has 1 fully saturated rings. The van der Waals surface area contributed by atoms with Gasteiger partial charge in [0.15, 0.2) is 0 Å². The van der Waals surface area contributed by atoms with E-state index < -0.39 is 29.8 Å². The minimum atomic E-state index is -4.61. The largest absolute Gasteiger partial charge is 0.481 e. The molecule has 0 spiro atoms. The SMILES string of the molecule is CN(C)[C@@H]1CC[C@H](C(=O)O)CN(C(=O)c2ccc3nc(C(F)(F)F)[nH]c3c2)C1. The number of likely N-dealkylation sites (N-methyl/N-ethyl adjacent to an activating group) is 1. The number of hydrogen-bond acceptors (Lipinski definition) is 4. The van der Waals surface area contributed by atoms with Gasteiger partial charge in [-0.3, -0.25) is 9.59 Å². The van der Waals surface area contributed by atoms with E-state index in [1.165, 1.54) is 23.1 Å². The van der Waals surface area contributed by atoms with Crippen molar-refractivity contribution in [3.8, 4) is 0 Å². The highest BCUT2D eigenvalue weighted by atomic mass is 19.4. The van der Waals surface area contributed by atoms with Crippen LogP contribution in [0.2, 0.25) is 0 Å². The van der Waals surface area contributed by atoms with Crippen molar-refractivity contribution in [2.45, 2.75) is 25.1 Å². The lowest BCUT2D eigenvalue weighted by Gasteiger charge is -2.29. The Morgan fingerprint density at radius 3 is 2.57 bits per heavy atom. The van der Waals surface area contributed by atoms with E-state index in [2.05, 4.69) is 9.97 Å². The molecule has 2 atom stereocenters. The van der Waals surface area contributed by atoms with E-state index in [0.29, 0.717) is 19.4 Å². The summed E-state index contributed by atoms with van der Waals surface area (Å²) in [6.45, 7) is 0.414. The number of nitrogens with one attached hydrogen (secondary N) is 1. The first-order chi connectivity index (χ1) is 13.1. The average molecular weight is 398 g/mol. The maximum atomic E-state index is 13.0. The van der Waals surface area contributed by atoms with Crippen LogP contribution in [0.15, 0.2) is 18.2 Å². The van der Waals surface area contributed by atoms with Crippen molar-refractivity contribution < 1.29 is 27.9 Å². The van der Waals surface area contributed by atoms with Crippen molar-refractivity contribution in [3.05, 3.63) is 29.6 Å². The summed E-state index contributed by atoms with van der Waals surface area (Å²) in [5.74, 6) is -3.18. The van der Waals surface area contributed by atoms with Gasteiger partial charge in [0.2, 0.25) is 5.82 Å². The molecule has 10 heteroatoms. The zero-order valence-corrected chi connectivity index (χ0v) is 15.5. The first-order valence-electron chi connectivity index (χ1n) is 8.81. The molecule has 1 aliphatic rings. The Labute approximate surface area is 159 Å². The molecule has 1 saturated heterocycles. The van der Waals surface area contributed by atoms with Crippen molar-refractivity contribution in [2.24, 2.45) is 5.92 Å². The number of benzene rings is 1. The standard InChI is InChI=1S/C18H21F3N4O3/c1-24(2)12-5-3-11(16(27)28)8-25(9-12)15(26)10-4-6-13-14(7-10)23-17(22-13)18(19,20)21/h4,6-7,11-12H,3,5,8-9H2,1-2H3,(H,22,23)(H,27,28)/t11-,12+/m0/s1. The summed E-state index contributed by atoms with van der Waals surface area (Å²) < 4.78 is 38.5. The summed E-state index contributed by atoms with van der Waals surface area (Å²) >= 11 is 0. The highest BCUT2D eigenvalue weighted by Crippen LogP contribution is 2.29. The highest BCUT2D eigenvalue weighted by Gasteiger charge is 2.35. The Balaban J connectivity index is 1.90. The smallest absolute Gasteiger partial charge is 0.449 e. The zero-order valence-electron chi connectivity index (χ0n) is 15.5. The van der Waals surface area contributed by atoms with Gasteiger partial charge < -0.3 is 19.9 Å². The minimum absolute atomic E-state index is 0.000942. The van der Waals surface area contributed by atoms with Gasteiger partial charge in [-0.2, -0.15) is 13.2 Å². The number of fused-ring (bicyclic) bond motifs is 1. The molecule has 28 heavy (non-hydrogen) atoms. The Hall–Kier alpha value is -2.62. The number of aromatic nitrogens is 2. The van der Waals surface area contributed by atoms with Crippen LogP contribution in [-0.2, 0) is 11.0 Å². The summed E-state index contributed by atoms with van der Waals surface area (Å²) in [5, 5.41) is 9.41. The molecule has 1 aromatic heterocycles. The molecule has 1 aliphatic heterocycles. The number of amides is 1. The van der Waals surface area contributed by atoms with Crippen molar-refractivity contribution >= 4 is 22.9 Å². The zero-order chi connectivity index (χ0) is 20.6. The number of rotatable bonds is 3. The lowest BCUT2D eigenvalue weighted by molar-refractivity contribution is -0.144. The van der Waals surface area contributed by atoms with Crippen LogP contribution >= 0.6 is 0 Å². The third-order valence-corrected chi connectivity index (χ3v) is 5.08. The van der Waals surface area contributed by atoms with Crippen LogP contribution in [0.25, 0.3) is 11.0 Å². The number of H-pyrrole nitrogens is 1. The van der Waals surface area contributed by atoms with Crippen LogP contribution in [-0.4, -0.2) is 70.0 Å². The van der Waals surface area contributed by atoms with Gasteiger partial charge in [0.05, 0.1) is 17.0 Å². The number of carboxylic acids is 1.